The Morgan fingerprint density at radius 3 is 2.58 bits per heavy atom. The van der Waals surface area contributed by atoms with Crippen molar-refractivity contribution in [3.8, 4) is 5.69 Å². The van der Waals surface area contributed by atoms with Crippen LogP contribution in [0.4, 0.5) is 5.69 Å². The number of aromatic nitrogens is 2. The number of rotatable bonds is 8. The summed E-state index contributed by atoms with van der Waals surface area (Å²) in [4.78, 5) is 29.4. The summed E-state index contributed by atoms with van der Waals surface area (Å²) in [5.74, 6) is 0.344. The van der Waals surface area contributed by atoms with E-state index in [2.05, 4.69) is 53.7 Å². The molecule has 0 spiro atoms. The number of nitrogens with one attached hydrogen (secondary N) is 2. The molecule has 1 aromatic heterocycles. The highest BCUT2D eigenvalue weighted by Crippen LogP contribution is 2.24. The van der Waals surface area contributed by atoms with Crippen molar-refractivity contribution in [2.75, 3.05) is 11.1 Å². The van der Waals surface area contributed by atoms with E-state index >= 15 is 0 Å². The fourth-order valence-corrected chi connectivity index (χ4v) is 3.98. The molecule has 0 saturated heterocycles. The van der Waals surface area contributed by atoms with Gasteiger partial charge in [-0.05, 0) is 48.6 Å². The van der Waals surface area contributed by atoms with Gasteiger partial charge < -0.3 is 10.6 Å². The first-order chi connectivity index (χ1) is 15.0. The second-order valence-corrected chi connectivity index (χ2v) is 8.90. The zero-order chi connectivity index (χ0) is 21.8. The molecule has 1 aliphatic carbocycles. The van der Waals surface area contributed by atoms with E-state index in [1.54, 1.807) is 24.4 Å². The maximum absolute atomic E-state index is 12.6. The van der Waals surface area contributed by atoms with Gasteiger partial charge in [-0.25, -0.2) is 4.98 Å². The van der Waals surface area contributed by atoms with Crippen molar-refractivity contribution < 1.29 is 9.59 Å². The minimum Gasteiger partial charge on any atom is -0.349 e. The fourth-order valence-electron chi connectivity index (χ4n) is 3.21. The van der Waals surface area contributed by atoms with E-state index in [0.717, 1.165) is 23.7 Å². The van der Waals surface area contributed by atoms with Gasteiger partial charge in [-0.1, -0.05) is 49.9 Å². The van der Waals surface area contributed by atoms with Crippen LogP contribution in [0.3, 0.4) is 0 Å². The van der Waals surface area contributed by atoms with Crippen molar-refractivity contribution in [2.45, 2.75) is 43.8 Å². The molecule has 0 aliphatic heterocycles. The van der Waals surface area contributed by atoms with Crippen molar-refractivity contribution in [2.24, 2.45) is 0 Å². The molecule has 0 atom stereocenters. The molecule has 2 aromatic carbocycles. The molecule has 6 nitrogen and oxygen atoms in total. The second kappa shape index (κ2) is 9.39. The van der Waals surface area contributed by atoms with Crippen LogP contribution in [0.1, 0.15) is 48.5 Å². The Morgan fingerprint density at radius 1 is 1.13 bits per heavy atom. The number of anilines is 1. The second-order valence-electron chi connectivity index (χ2n) is 7.96. The van der Waals surface area contributed by atoms with Crippen LogP contribution in [0.15, 0.2) is 66.1 Å². The highest BCUT2D eigenvalue weighted by molar-refractivity contribution is 7.99. The van der Waals surface area contributed by atoms with E-state index in [0.29, 0.717) is 17.2 Å². The van der Waals surface area contributed by atoms with Crippen LogP contribution in [0.25, 0.3) is 5.69 Å². The van der Waals surface area contributed by atoms with Crippen LogP contribution in [0.2, 0.25) is 0 Å². The van der Waals surface area contributed by atoms with Crippen molar-refractivity contribution in [3.63, 3.8) is 0 Å². The van der Waals surface area contributed by atoms with Gasteiger partial charge in [0.15, 0.2) is 5.16 Å². The number of amides is 2. The number of carbonyl (C=O) groups is 2. The molecule has 0 unspecified atom stereocenters. The molecular formula is C24H26N4O2S. The van der Waals surface area contributed by atoms with E-state index in [1.165, 1.54) is 17.3 Å². The van der Waals surface area contributed by atoms with Gasteiger partial charge in [0.1, 0.15) is 0 Å². The summed E-state index contributed by atoms with van der Waals surface area (Å²) < 4.78 is 1.97. The molecule has 3 aromatic rings. The van der Waals surface area contributed by atoms with E-state index in [1.807, 2.05) is 16.8 Å². The lowest BCUT2D eigenvalue weighted by atomic mass is 10.0. The minimum absolute atomic E-state index is 0.147. The van der Waals surface area contributed by atoms with Gasteiger partial charge in [0.05, 0.1) is 17.0 Å². The Bertz CT molecular complexity index is 1070. The van der Waals surface area contributed by atoms with Gasteiger partial charge in [0, 0.05) is 24.1 Å². The highest BCUT2D eigenvalue weighted by Gasteiger charge is 2.25. The Morgan fingerprint density at radius 2 is 1.87 bits per heavy atom. The number of hydrogen-bond acceptors (Lipinski definition) is 4. The van der Waals surface area contributed by atoms with Crippen LogP contribution >= 0.6 is 11.8 Å². The third kappa shape index (κ3) is 5.35. The van der Waals surface area contributed by atoms with Crippen molar-refractivity contribution in [1.29, 1.82) is 0 Å². The summed E-state index contributed by atoms with van der Waals surface area (Å²) in [7, 11) is 0. The highest BCUT2D eigenvalue weighted by atomic mass is 32.2. The average molecular weight is 435 g/mol. The molecular weight excluding hydrogens is 408 g/mol. The zero-order valence-electron chi connectivity index (χ0n) is 17.7. The first kappa shape index (κ1) is 21.2. The summed E-state index contributed by atoms with van der Waals surface area (Å²) >= 11 is 1.36. The van der Waals surface area contributed by atoms with Gasteiger partial charge in [-0.15, -0.1) is 0 Å². The molecule has 1 saturated carbocycles. The number of thioether (sulfide) groups is 1. The fraction of sp³-hybridized carbons (Fsp3) is 0.292. The summed E-state index contributed by atoms with van der Waals surface area (Å²) in [6.45, 7) is 4.33. The molecule has 0 bridgehead atoms. The van der Waals surface area contributed by atoms with Crippen LogP contribution in [0.5, 0.6) is 0 Å². The molecule has 2 amide bonds. The molecule has 2 N–H and O–H groups in total. The predicted molar refractivity (Wildman–Crippen MR) is 124 cm³/mol. The Labute approximate surface area is 186 Å². The lowest BCUT2D eigenvalue weighted by Gasteiger charge is -2.12. The summed E-state index contributed by atoms with van der Waals surface area (Å²) in [5, 5.41) is 6.58. The van der Waals surface area contributed by atoms with E-state index in [4.69, 9.17) is 0 Å². The summed E-state index contributed by atoms with van der Waals surface area (Å²) in [6.07, 6.45) is 5.66. The molecule has 0 radical (unpaired) electrons. The minimum atomic E-state index is -0.179. The van der Waals surface area contributed by atoms with E-state index in [-0.39, 0.29) is 23.6 Å². The number of imidazole rings is 1. The first-order valence-corrected chi connectivity index (χ1v) is 11.5. The average Bonchev–Trinajstić information content (AvgIpc) is 3.45. The topological polar surface area (TPSA) is 76.0 Å². The lowest BCUT2D eigenvalue weighted by Crippen LogP contribution is -2.27. The molecule has 31 heavy (non-hydrogen) atoms. The van der Waals surface area contributed by atoms with E-state index in [9.17, 15) is 9.59 Å². The Balaban J connectivity index is 1.39. The largest absolute Gasteiger partial charge is 0.349 e. The van der Waals surface area contributed by atoms with Crippen molar-refractivity contribution >= 4 is 29.3 Å². The predicted octanol–water partition coefficient (Wildman–Crippen LogP) is 4.62. The maximum Gasteiger partial charge on any atom is 0.253 e. The van der Waals surface area contributed by atoms with Gasteiger partial charge >= 0.3 is 0 Å². The quantitative estimate of drug-likeness (QED) is 0.507. The SMILES string of the molecule is CC(C)c1ccc(-n2ccnc2SCC(=O)Nc2ccccc2C(=O)NC2CC2)cc1. The number of para-hydroxylation sites is 1. The first-order valence-electron chi connectivity index (χ1n) is 10.5. The van der Waals surface area contributed by atoms with Crippen LogP contribution in [-0.4, -0.2) is 33.2 Å². The van der Waals surface area contributed by atoms with Crippen molar-refractivity contribution in [1.82, 2.24) is 14.9 Å². The standard InChI is InChI=1S/C24H26N4O2S/c1-16(2)17-7-11-19(12-8-17)28-14-13-25-24(28)31-15-22(29)27-21-6-4-3-5-20(21)23(30)26-18-9-10-18/h3-8,11-14,16,18H,9-10,15H2,1-2H3,(H,26,30)(H,27,29). The smallest absolute Gasteiger partial charge is 0.253 e. The molecule has 4 rings (SSSR count). The summed E-state index contributed by atoms with van der Waals surface area (Å²) in [5.41, 5.74) is 3.30. The third-order valence-electron chi connectivity index (χ3n) is 5.14. The van der Waals surface area contributed by atoms with Gasteiger partial charge in [-0.3, -0.25) is 14.2 Å². The normalized spacial score (nSPS) is 13.3. The van der Waals surface area contributed by atoms with Gasteiger partial charge in [-0.2, -0.15) is 0 Å². The lowest BCUT2D eigenvalue weighted by molar-refractivity contribution is -0.113. The zero-order valence-corrected chi connectivity index (χ0v) is 18.5. The van der Waals surface area contributed by atoms with Gasteiger partial charge in [0.25, 0.3) is 5.91 Å². The molecule has 1 aliphatic rings. The number of benzene rings is 2. The van der Waals surface area contributed by atoms with Crippen molar-refractivity contribution in [3.05, 3.63) is 72.1 Å². The van der Waals surface area contributed by atoms with Crippen LogP contribution in [0, 0.1) is 0 Å². The van der Waals surface area contributed by atoms with Crippen LogP contribution < -0.4 is 10.6 Å². The Hall–Kier alpha value is -3.06. The van der Waals surface area contributed by atoms with Gasteiger partial charge in [0.2, 0.25) is 5.91 Å². The maximum atomic E-state index is 12.6. The Kier molecular flexibility index (Phi) is 6.42. The number of nitrogens with zero attached hydrogens (tertiary/aromatic N) is 2. The molecule has 1 fully saturated rings. The van der Waals surface area contributed by atoms with Crippen LogP contribution in [-0.2, 0) is 4.79 Å². The molecule has 160 valence electrons. The monoisotopic (exact) mass is 434 g/mol. The summed E-state index contributed by atoms with van der Waals surface area (Å²) in [6, 6.07) is 15.7. The molecule has 7 heteroatoms. The number of hydrogen-bond donors (Lipinski definition) is 2. The van der Waals surface area contributed by atoms with E-state index < -0.39 is 0 Å². The molecule has 1 heterocycles. The third-order valence-corrected chi connectivity index (χ3v) is 6.10. The number of carbonyl (C=O) groups excluding carboxylic acids is 2.